The molecule has 0 aliphatic carbocycles. The molecule has 3 nitrogen and oxygen atoms in total. The van der Waals surface area contributed by atoms with Crippen LogP contribution in [0.15, 0.2) is 24.3 Å². The van der Waals surface area contributed by atoms with Gasteiger partial charge < -0.3 is 9.47 Å². The van der Waals surface area contributed by atoms with Gasteiger partial charge in [0.15, 0.2) is 0 Å². The second-order valence-electron chi connectivity index (χ2n) is 4.92. The number of hydrogen-bond donors (Lipinski definition) is 0. The van der Waals surface area contributed by atoms with Gasteiger partial charge in [0.05, 0.1) is 18.8 Å². The first-order valence-electron chi connectivity index (χ1n) is 7.68. The van der Waals surface area contributed by atoms with Crippen molar-refractivity contribution in [1.29, 1.82) is 0 Å². The van der Waals surface area contributed by atoms with Crippen molar-refractivity contribution in [2.75, 3.05) is 13.2 Å². The Morgan fingerprint density at radius 2 is 1.60 bits per heavy atom. The van der Waals surface area contributed by atoms with Gasteiger partial charge in [-0.1, -0.05) is 39.5 Å². The molecular weight excluding hydrogens is 252 g/mol. The normalized spacial score (nSPS) is 10.3. The zero-order valence-corrected chi connectivity index (χ0v) is 12.7. The van der Waals surface area contributed by atoms with Crippen LogP contribution in [-0.2, 0) is 4.74 Å². The highest BCUT2D eigenvalue weighted by Gasteiger charge is 2.06. The zero-order chi connectivity index (χ0) is 14.6. The first-order chi connectivity index (χ1) is 9.77. The van der Waals surface area contributed by atoms with Gasteiger partial charge in [0, 0.05) is 0 Å². The van der Waals surface area contributed by atoms with Crippen molar-refractivity contribution in [2.24, 2.45) is 0 Å². The minimum atomic E-state index is -0.249. The Morgan fingerprint density at radius 3 is 2.25 bits per heavy atom. The summed E-state index contributed by atoms with van der Waals surface area (Å²) in [6.45, 7) is 5.52. The lowest BCUT2D eigenvalue weighted by Gasteiger charge is -2.07. The SMILES string of the molecule is CCCCCCOC(=O)c1ccc(OCCCC)cc1. The summed E-state index contributed by atoms with van der Waals surface area (Å²) >= 11 is 0. The third-order valence-electron chi connectivity index (χ3n) is 3.09. The topological polar surface area (TPSA) is 35.5 Å². The Balaban J connectivity index is 2.30. The Hall–Kier alpha value is -1.51. The number of rotatable bonds is 10. The Labute approximate surface area is 122 Å². The third kappa shape index (κ3) is 6.60. The smallest absolute Gasteiger partial charge is 0.338 e. The van der Waals surface area contributed by atoms with Gasteiger partial charge in [-0.15, -0.1) is 0 Å². The van der Waals surface area contributed by atoms with E-state index in [0.717, 1.165) is 38.0 Å². The van der Waals surface area contributed by atoms with E-state index in [1.165, 1.54) is 12.8 Å². The summed E-state index contributed by atoms with van der Waals surface area (Å²) in [6, 6.07) is 7.16. The summed E-state index contributed by atoms with van der Waals surface area (Å²) in [5, 5.41) is 0. The summed E-state index contributed by atoms with van der Waals surface area (Å²) < 4.78 is 10.8. The highest BCUT2D eigenvalue weighted by atomic mass is 16.5. The number of carbonyl (C=O) groups is 1. The van der Waals surface area contributed by atoms with E-state index in [1.54, 1.807) is 12.1 Å². The molecule has 1 aromatic carbocycles. The number of carbonyl (C=O) groups excluding carboxylic acids is 1. The molecule has 0 saturated heterocycles. The van der Waals surface area contributed by atoms with Crippen LogP contribution in [0, 0.1) is 0 Å². The van der Waals surface area contributed by atoms with E-state index in [9.17, 15) is 4.79 Å². The molecule has 0 radical (unpaired) electrons. The molecule has 0 amide bonds. The van der Waals surface area contributed by atoms with Crippen molar-refractivity contribution < 1.29 is 14.3 Å². The molecule has 0 saturated carbocycles. The molecule has 0 N–H and O–H groups in total. The molecule has 0 atom stereocenters. The summed E-state index contributed by atoms with van der Waals surface area (Å²) in [4.78, 5) is 11.8. The Bertz CT molecular complexity index is 370. The van der Waals surface area contributed by atoms with Crippen molar-refractivity contribution in [3.05, 3.63) is 29.8 Å². The first kappa shape index (κ1) is 16.5. The molecular formula is C17H26O3. The fourth-order valence-electron chi connectivity index (χ4n) is 1.80. The van der Waals surface area contributed by atoms with Crippen LogP contribution in [0.2, 0.25) is 0 Å². The molecule has 0 aliphatic heterocycles. The van der Waals surface area contributed by atoms with Crippen LogP contribution in [-0.4, -0.2) is 19.2 Å². The standard InChI is InChI=1S/C17H26O3/c1-3-5-7-8-14-20-17(18)15-9-11-16(12-10-15)19-13-6-4-2/h9-12H,3-8,13-14H2,1-2H3. The van der Waals surface area contributed by atoms with Gasteiger partial charge in [-0.25, -0.2) is 4.79 Å². The van der Waals surface area contributed by atoms with Crippen LogP contribution in [0.3, 0.4) is 0 Å². The maximum atomic E-state index is 11.8. The van der Waals surface area contributed by atoms with Crippen LogP contribution >= 0.6 is 0 Å². The fraction of sp³-hybridized carbons (Fsp3) is 0.588. The summed E-state index contributed by atoms with van der Waals surface area (Å²) in [5.74, 6) is 0.555. The maximum absolute atomic E-state index is 11.8. The van der Waals surface area contributed by atoms with E-state index >= 15 is 0 Å². The maximum Gasteiger partial charge on any atom is 0.338 e. The van der Waals surface area contributed by atoms with E-state index in [4.69, 9.17) is 9.47 Å². The number of unbranched alkanes of at least 4 members (excludes halogenated alkanes) is 4. The molecule has 3 heteroatoms. The van der Waals surface area contributed by atoms with E-state index in [0.29, 0.717) is 12.2 Å². The van der Waals surface area contributed by atoms with Crippen molar-refractivity contribution in [1.82, 2.24) is 0 Å². The Morgan fingerprint density at radius 1 is 0.900 bits per heavy atom. The van der Waals surface area contributed by atoms with E-state index in [-0.39, 0.29) is 5.97 Å². The molecule has 0 spiro atoms. The van der Waals surface area contributed by atoms with Gasteiger partial charge in [0.2, 0.25) is 0 Å². The quantitative estimate of drug-likeness (QED) is 0.463. The minimum Gasteiger partial charge on any atom is -0.494 e. The van der Waals surface area contributed by atoms with Crippen LogP contribution in [0.25, 0.3) is 0 Å². The molecule has 20 heavy (non-hydrogen) atoms. The van der Waals surface area contributed by atoms with Gasteiger partial charge in [0.1, 0.15) is 5.75 Å². The van der Waals surface area contributed by atoms with Gasteiger partial charge in [-0.2, -0.15) is 0 Å². The molecule has 1 aromatic rings. The van der Waals surface area contributed by atoms with Crippen molar-refractivity contribution in [2.45, 2.75) is 52.4 Å². The second kappa shape index (κ2) is 10.3. The lowest BCUT2D eigenvalue weighted by Crippen LogP contribution is -2.06. The van der Waals surface area contributed by atoms with Gasteiger partial charge in [0.25, 0.3) is 0 Å². The molecule has 0 fully saturated rings. The molecule has 0 aliphatic rings. The van der Waals surface area contributed by atoms with Crippen LogP contribution in [0.1, 0.15) is 62.7 Å². The van der Waals surface area contributed by atoms with Gasteiger partial charge in [-0.05, 0) is 37.1 Å². The highest BCUT2D eigenvalue weighted by molar-refractivity contribution is 5.89. The molecule has 0 aromatic heterocycles. The molecule has 0 unspecified atom stereocenters. The van der Waals surface area contributed by atoms with Gasteiger partial charge >= 0.3 is 5.97 Å². The van der Waals surface area contributed by atoms with Crippen molar-refractivity contribution in [3.8, 4) is 5.75 Å². The lowest BCUT2D eigenvalue weighted by molar-refractivity contribution is 0.0498. The highest BCUT2D eigenvalue weighted by Crippen LogP contribution is 2.13. The average molecular weight is 278 g/mol. The number of hydrogen-bond acceptors (Lipinski definition) is 3. The predicted octanol–water partition coefficient (Wildman–Crippen LogP) is 4.60. The number of esters is 1. The van der Waals surface area contributed by atoms with Crippen molar-refractivity contribution in [3.63, 3.8) is 0 Å². The van der Waals surface area contributed by atoms with E-state index in [1.807, 2.05) is 12.1 Å². The van der Waals surface area contributed by atoms with E-state index < -0.39 is 0 Å². The summed E-state index contributed by atoms with van der Waals surface area (Å²) in [7, 11) is 0. The minimum absolute atomic E-state index is 0.249. The fourth-order valence-corrected chi connectivity index (χ4v) is 1.80. The van der Waals surface area contributed by atoms with Crippen LogP contribution in [0.5, 0.6) is 5.75 Å². The number of ether oxygens (including phenoxy) is 2. The molecule has 112 valence electrons. The first-order valence-corrected chi connectivity index (χ1v) is 7.68. The average Bonchev–Trinajstić information content (AvgIpc) is 2.48. The summed E-state index contributed by atoms with van der Waals surface area (Å²) in [5.41, 5.74) is 0.586. The van der Waals surface area contributed by atoms with Crippen molar-refractivity contribution >= 4 is 5.97 Å². The molecule has 0 bridgehead atoms. The lowest BCUT2D eigenvalue weighted by atomic mass is 10.2. The van der Waals surface area contributed by atoms with Crippen LogP contribution < -0.4 is 4.74 Å². The Kier molecular flexibility index (Phi) is 8.52. The predicted molar refractivity (Wildman–Crippen MR) is 81.3 cm³/mol. The molecule has 1 rings (SSSR count). The monoisotopic (exact) mass is 278 g/mol. The molecule has 0 heterocycles. The second-order valence-corrected chi connectivity index (χ2v) is 4.92. The zero-order valence-electron chi connectivity index (χ0n) is 12.7. The van der Waals surface area contributed by atoms with Gasteiger partial charge in [-0.3, -0.25) is 0 Å². The van der Waals surface area contributed by atoms with Crippen LogP contribution in [0.4, 0.5) is 0 Å². The third-order valence-corrected chi connectivity index (χ3v) is 3.09. The summed E-state index contributed by atoms with van der Waals surface area (Å²) in [6.07, 6.45) is 6.60. The largest absolute Gasteiger partial charge is 0.494 e. The number of benzene rings is 1. The van der Waals surface area contributed by atoms with E-state index in [2.05, 4.69) is 13.8 Å².